The topological polar surface area (TPSA) is 90.8 Å². The van der Waals surface area contributed by atoms with E-state index >= 15 is 0 Å². The third-order valence-electron chi connectivity index (χ3n) is 6.74. The van der Waals surface area contributed by atoms with E-state index in [9.17, 15) is 4.79 Å². The highest BCUT2D eigenvalue weighted by atomic mass is 16.5. The van der Waals surface area contributed by atoms with Crippen molar-refractivity contribution in [1.29, 1.82) is 0 Å². The number of carbonyl (C=O) groups is 1. The number of nitrogens with zero attached hydrogens (tertiary/aromatic N) is 1. The molecule has 0 aliphatic carbocycles. The second-order valence-corrected chi connectivity index (χ2v) is 9.49. The molecule has 0 aliphatic rings. The molecule has 0 unspecified atom stereocenters. The van der Waals surface area contributed by atoms with E-state index in [-0.39, 0.29) is 11.9 Å². The Morgan fingerprint density at radius 2 is 1.55 bits per heavy atom. The van der Waals surface area contributed by atoms with Crippen LogP contribution in [0, 0.1) is 0 Å². The lowest BCUT2D eigenvalue weighted by molar-refractivity contribution is -0.136. The molecule has 0 spiro atoms. The standard InChI is InChI=1S/C32H37N3O3/c1-37-31-21-28(20-26-15-8-9-17-29(26)31)38-23-27(16-10-18-33)35(22-25-13-6-3-7-14-25)32(36)30(34)19-24-11-4-2-5-12-24/h2-9,11-15,17,20-21,27,30H,10,16,18-19,22-23,33-34H2,1H3/t27-,30-/m0/s1. The number of methoxy groups -OCH3 is 1. The smallest absolute Gasteiger partial charge is 0.240 e. The fourth-order valence-electron chi connectivity index (χ4n) is 4.71. The van der Waals surface area contributed by atoms with Crippen LogP contribution < -0.4 is 20.9 Å². The maximum Gasteiger partial charge on any atom is 0.240 e. The highest BCUT2D eigenvalue weighted by molar-refractivity contribution is 5.89. The zero-order valence-electron chi connectivity index (χ0n) is 22.0. The number of fused-ring (bicyclic) bond motifs is 1. The maximum absolute atomic E-state index is 13.8. The summed E-state index contributed by atoms with van der Waals surface area (Å²) < 4.78 is 11.9. The molecular weight excluding hydrogens is 474 g/mol. The van der Waals surface area contributed by atoms with E-state index in [0.717, 1.165) is 34.1 Å². The van der Waals surface area contributed by atoms with Crippen molar-refractivity contribution in [2.24, 2.45) is 11.5 Å². The minimum atomic E-state index is -0.665. The summed E-state index contributed by atoms with van der Waals surface area (Å²) in [5.41, 5.74) is 14.5. The van der Waals surface area contributed by atoms with Gasteiger partial charge in [-0.05, 0) is 48.4 Å². The molecule has 4 aromatic carbocycles. The van der Waals surface area contributed by atoms with Gasteiger partial charge in [-0.25, -0.2) is 0 Å². The fourth-order valence-corrected chi connectivity index (χ4v) is 4.71. The Hall–Kier alpha value is -3.87. The molecule has 198 valence electrons. The van der Waals surface area contributed by atoms with Crippen LogP contribution in [0.5, 0.6) is 11.5 Å². The first kappa shape index (κ1) is 27.2. The zero-order valence-corrected chi connectivity index (χ0v) is 22.0. The van der Waals surface area contributed by atoms with Crippen molar-refractivity contribution >= 4 is 16.7 Å². The highest BCUT2D eigenvalue weighted by Crippen LogP contribution is 2.31. The van der Waals surface area contributed by atoms with Gasteiger partial charge in [0.1, 0.15) is 18.1 Å². The second-order valence-electron chi connectivity index (χ2n) is 9.49. The molecule has 2 atom stereocenters. The van der Waals surface area contributed by atoms with Gasteiger partial charge in [-0.3, -0.25) is 4.79 Å². The molecule has 0 radical (unpaired) electrons. The molecule has 4 rings (SSSR count). The van der Waals surface area contributed by atoms with Gasteiger partial charge < -0.3 is 25.8 Å². The Kier molecular flexibility index (Phi) is 9.73. The van der Waals surface area contributed by atoms with Gasteiger partial charge in [-0.15, -0.1) is 0 Å². The van der Waals surface area contributed by atoms with Crippen molar-refractivity contribution in [3.05, 3.63) is 108 Å². The number of benzene rings is 4. The van der Waals surface area contributed by atoms with Gasteiger partial charge in [0.15, 0.2) is 0 Å². The number of hydrogen-bond acceptors (Lipinski definition) is 5. The van der Waals surface area contributed by atoms with E-state index in [1.54, 1.807) is 7.11 Å². The van der Waals surface area contributed by atoms with Crippen LogP contribution in [0.4, 0.5) is 0 Å². The van der Waals surface area contributed by atoms with Gasteiger partial charge in [-0.1, -0.05) is 84.9 Å². The van der Waals surface area contributed by atoms with Gasteiger partial charge in [-0.2, -0.15) is 0 Å². The monoisotopic (exact) mass is 511 g/mol. The van der Waals surface area contributed by atoms with Crippen LogP contribution in [-0.4, -0.2) is 43.2 Å². The van der Waals surface area contributed by atoms with Crippen LogP contribution >= 0.6 is 0 Å². The molecule has 38 heavy (non-hydrogen) atoms. The first-order chi connectivity index (χ1) is 18.6. The third kappa shape index (κ3) is 7.12. The van der Waals surface area contributed by atoms with Gasteiger partial charge in [0.25, 0.3) is 0 Å². The lowest BCUT2D eigenvalue weighted by Gasteiger charge is -2.34. The van der Waals surface area contributed by atoms with Crippen LogP contribution in [0.15, 0.2) is 97.1 Å². The van der Waals surface area contributed by atoms with E-state index in [1.165, 1.54) is 0 Å². The van der Waals surface area contributed by atoms with Gasteiger partial charge in [0.2, 0.25) is 5.91 Å². The van der Waals surface area contributed by atoms with Crippen molar-refractivity contribution in [2.45, 2.75) is 37.9 Å². The predicted octanol–water partition coefficient (Wildman–Crippen LogP) is 4.93. The van der Waals surface area contributed by atoms with Crippen molar-refractivity contribution < 1.29 is 14.3 Å². The maximum atomic E-state index is 13.8. The largest absolute Gasteiger partial charge is 0.496 e. The lowest BCUT2D eigenvalue weighted by atomic mass is 10.0. The number of amides is 1. The molecule has 4 N–H and O–H groups in total. The lowest BCUT2D eigenvalue weighted by Crippen LogP contribution is -2.51. The summed E-state index contributed by atoms with van der Waals surface area (Å²) in [6.45, 7) is 1.30. The van der Waals surface area contributed by atoms with Crippen LogP contribution in [0.3, 0.4) is 0 Å². The van der Waals surface area contributed by atoms with Crippen LogP contribution in [-0.2, 0) is 17.8 Å². The number of ether oxygens (including phenoxy) is 2. The average Bonchev–Trinajstić information content (AvgIpc) is 2.96. The molecule has 0 saturated heterocycles. The number of nitrogens with two attached hydrogens (primary N) is 2. The Bertz CT molecular complexity index is 1300. The predicted molar refractivity (Wildman–Crippen MR) is 153 cm³/mol. The highest BCUT2D eigenvalue weighted by Gasteiger charge is 2.28. The number of carbonyl (C=O) groups excluding carboxylic acids is 1. The molecule has 0 aromatic heterocycles. The minimum Gasteiger partial charge on any atom is -0.496 e. The molecule has 4 aromatic rings. The molecule has 1 amide bonds. The van der Waals surface area contributed by atoms with Crippen LogP contribution in [0.1, 0.15) is 24.0 Å². The first-order valence-corrected chi connectivity index (χ1v) is 13.1. The summed E-state index contributed by atoms with van der Waals surface area (Å²) in [6.07, 6.45) is 1.94. The Morgan fingerprint density at radius 1 is 0.895 bits per heavy atom. The van der Waals surface area contributed by atoms with Gasteiger partial charge in [0.05, 0.1) is 19.2 Å². The Morgan fingerprint density at radius 3 is 2.24 bits per heavy atom. The SMILES string of the molecule is COc1cc(OC[C@H](CCCN)N(Cc2ccccc2)C(=O)[C@@H](N)Cc2ccccc2)cc2ccccc12. The molecule has 0 saturated carbocycles. The minimum absolute atomic E-state index is 0.0978. The van der Waals surface area contributed by atoms with Crippen LogP contribution in [0.2, 0.25) is 0 Å². The normalized spacial score (nSPS) is 12.6. The number of rotatable bonds is 13. The van der Waals surface area contributed by atoms with E-state index < -0.39 is 6.04 Å². The molecular formula is C32H37N3O3. The summed E-state index contributed by atoms with van der Waals surface area (Å²) in [7, 11) is 1.66. The first-order valence-electron chi connectivity index (χ1n) is 13.1. The van der Waals surface area contributed by atoms with Crippen LogP contribution in [0.25, 0.3) is 10.8 Å². The molecule has 0 aliphatic heterocycles. The van der Waals surface area contributed by atoms with E-state index in [1.807, 2.05) is 102 Å². The molecule has 0 heterocycles. The summed E-state index contributed by atoms with van der Waals surface area (Å²) in [6, 6.07) is 30.9. The number of hydrogen-bond donors (Lipinski definition) is 2. The third-order valence-corrected chi connectivity index (χ3v) is 6.74. The second kappa shape index (κ2) is 13.6. The Balaban J connectivity index is 1.59. The van der Waals surface area contributed by atoms with Crippen molar-refractivity contribution in [3.63, 3.8) is 0 Å². The fraction of sp³-hybridized carbons (Fsp3) is 0.281. The average molecular weight is 512 g/mol. The summed E-state index contributed by atoms with van der Waals surface area (Å²) in [5.74, 6) is 1.34. The van der Waals surface area contributed by atoms with Crippen molar-refractivity contribution in [1.82, 2.24) is 4.90 Å². The van der Waals surface area contributed by atoms with E-state index in [2.05, 4.69) is 0 Å². The zero-order chi connectivity index (χ0) is 26.7. The summed E-state index contributed by atoms with van der Waals surface area (Å²) >= 11 is 0. The molecule has 0 fully saturated rings. The quantitative estimate of drug-likeness (QED) is 0.266. The molecule has 0 bridgehead atoms. The van der Waals surface area contributed by atoms with Crippen molar-refractivity contribution in [3.8, 4) is 11.5 Å². The van der Waals surface area contributed by atoms with E-state index in [0.29, 0.717) is 38.3 Å². The summed E-state index contributed by atoms with van der Waals surface area (Å²) in [5, 5.41) is 2.05. The van der Waals surface area contributed by atoms with Crippen molar-refractivity contribution in [2.75, 3.05) is 20.3 Å². The van der Waals surface area contributed by atoms with E-state index in [4.69, 9.17) is 20.9 Å². The van der Waals surface area contributed by atoms with Gasteiger partial charge >= 0.3 is 0 Å². The Labute approximate surface area is 225 Å². The van der Waals surface area contributed by atoms with Gasteiger partial charge in [0, 0.05) is 18.0 Å². The molecule has 6 heteroatoms. The summed E-state index contributed by atoms with van der Waals surface area (Å²) in [4.78, 5) is 15.7. The molecule has 6 nitrogen and oxygen atoms in total.